The molecule has 7 nitrogen and oxygen atoms in total. The first-order chi connectivity index (χ1) is 14.6. The van der Waals surface area contributed by atoms with Gasteiger partial charge in [-0.25, -0.2) is 0 Å². The third-order valence-corrected chi connectivity index (χ3v) is 6.42. The molecule has 0 aliphatic carbocycles. The smallest absolute Gasteiger partial charge is 0.255 e. The third-order valence-electron chi connectivity index (χ3n) is 6.42. The van der Waals surface area contributed by atoms with E-state index in [1.807, 2.05) is 34.1 Å². The Kier molecular flexibility index (Phi) is 6.39. The number of ether oxygens (including phenoxy) is 3. The summed E-state index contributed by atoms with van der Waals surface area (Å²) >= 11 is 0. The molecule has 30 heavy (non-hydrogen) atoms. The number of β-lactam (4-membered cyclic amide) rings is 1. The number of rotatable bonds is 6. The molecule has 0 radical (unpaired) electrons. The second kappa shape index (κ2) is 9.18. The molecule has 0 unspecified atom stereocenters. The van der Waals surface area contributed by atoms with Gasteiger partial charge >= 0.3 is 0 Å². The predicted octanol–water partition coefficient (Wildman–Crippen LogP) is 2.01. The second-order valence-corrected chi connectivity index (χ2v) is 8.12. The number of hydrogen-bond acceptors (Lipinski definition) is 5. The number of hydrogen-bond donors (Lipinski definition) is 0. The van der Waals surface area contributed by atoms with Gasteiger partial charge in [-0.2, -0.15) is 0 Å². The first-order valence-electron chi connectivity index (χ1n) is 10.6. The lowest BCUT2D eigenvalue weighted by Crippen LogP contribution is -2.66. The van der Waals surface area contributed by atoms with Crippen LogP contribution in [0.25, 0.3) is 0 Å². The molecule has 0 N–H and O–H groups in total. The topological polar surface area (TPSA) is 68.3 Å². The Bertz CT molecular complexity index is 800. The summed E-state index contributed by atoms with van der Waals surface area (Å²) < 4.78 is 16.1. The van der Waals surface area contributed by atoms with Gasteiger partial charge < -0.3 is 24.0 Å². The fourth-order valence-electron chi connectivity index (χ4n) is 4.60. The number of carbonyl (C=O) groups is 2. The van der Waals surface area contributed by atoms with Gasteiger partial charge in [-0.3, -0.25) is 9.59 Å². The van der Waals surface area contributed by atoms with Gasteiger partial charge in [0, 0.05) is 45.9 Å². The highest BCUT2D eigenvalue weighted by atomic mass is 16.5. The summed E-state index contributed by atoms with van der Waals surface area (Å²) in [6, 6.07) is 7.70. The summed E-state index contributed by atoms with van der Waals surface area (Å²) in [5.74, 6) is 1.12. The van der Waals surface area contributed by atoms with E-state index in [4.69, 9.17) is 14.2 Å². The van der Waals surface area contributed by atoms with Gasteiger partial charge in [-0.05, 0) is 42.5 Å². The van der Waals surface area contributed by atoms with Crippen LogP contribution in [0, 0.1) is 5.92 Å². The molecule has 2 fully saturated rings. The maximum Gasteiger partial charge on any atom is 0.255 e. The fraction of sp³-hybridized carbons (Fsp3) is 0.565. The first kappa shape index (κ1) is 20.9. The third kappa shape index (κ3) is 4.09. The van der Waals surface area contributed by atoms with E-state index in [0.717, 1.165) is 30.6 Å². The van der Waals surface area contributed by atoms with Crippen LogP contribution < -0.4 is 4.74 Å². The maximum absolute atomic E-state index is 12.8. The van der Waals surface area contributed by atoms with Gasteiger partial charge in [0.2, 0.25) is 5.91 Å². The standard InChI is InChI=1S/C23H30N2O5/c1-28-19-5-3-16(4-6-19)15-25-20(21(29-2)23(25)27)17-7-11-24(12-8-17)22(26)18-9-13-30-14-10-18/h3-7,18,20-21H,8-15H2,1-2H3/t20-,21+/m0/s1. The number of methoxy groups -OCH3 is 2. The van der Waals surface area contributed by atoms with Crippen LogP contribution in [0.3, 0.4) is 0 Å². The van der Waals surface area contributed by atoms with Crippen LogP contribution >= 0.6 is 0 Å². The van der Waals surface area contributed by atoms with E-state index in [2.05, 4.69) is 6.08 Å². The molecule has 1 aromatic carbocycles. The van der Waals surface area contributed by atoms with Gasteiger partial charge in [-0.15, -0.1) is 0 Å². The maximum atomic E-state index is 12.8. The van der Waals surface area contributed by atoms with Crippen LogP contribution in [0.2, 0.25) is 0 Å². The van der Waals surface area contributed by atoms with Crippen molar-refractivity contribution in [2.45, 2.75) is 38.0 Å². The van der Waals surface area contributed by atoms with Crippen molar-refractivity contribution < 1.29 is 23.8 Å². The normalized spacial score (nSPS) is 25.0. The fourth-order valence-corrected chi connectivity index (χ4v) is 4.60. The van der Waals surface area contributed by atoms with Gasteiger partial charge in [0.05, 0.1) is 13.2 Å². The molecule has 2 saturated heterocycles. The largest absolute Gasteiger partial charge is 0.497 e. The van der Waals surface area contributed by atoms with Crippen LogP contribution in [0.15, 0.2) is 35.9 Å². The highest BCUT2D eigenvalue weighted by molar-refractivity contribution is 5.90. The summed E-state index contributed by atoms with van der Waals surface area (Å²) in [5, 5.41) is 0. The molecule has 0 saturated carbocycles. The zero-order chi connectivity index (χ0) is 21.1. The number of benzene rings is 1. The molecule has 0 bridgehead atoms. The average Bonchev–Trinajstić information content (AvgIpc) is 2.81. The van der Waals surface area contributed by atoms with E-state index >= 15 is 0 Å². The number of nitrogens with zero attached hydrogens (tertiary/aromatic N) is 2. The molecule has 3 aliphatic rings. The molecule has 3 aliphatic heterocycles. The average molecular weight is 415 g/mol. The van der Waals surface area contributed by atoms with E-state index in [1.165, 1.54) is 5.57 Å². The van der Waals surface area contributed by atoms with Crippen molar-refractivity contribution in [3.63, 3.8) is 0 Å². The number of amides is 2. The van der Waals surface area contributed by atoms with Crippen LogP contribution in [0.1, 0.15) is 24.8 Å². The molecule has 3 heterocycles. The summed E-state index contributed by atoms with van der Waals surface area (Å²) in [7, 11) is 3.23. The van der Waals surface area contributed by atoms with Gasteiger partial charge in [0.25, 0.3) is 5.91 Å². The molecule has 2 atom stereocenters. The van der Waals surface area contributed by atoms with Crippen molar-refractivity contribution in [1.29, 1.82) is 0 Å². The van der Waals surface area contributed by atoms with E-state index in [-0.39, 0.29) is 23.8 Å². The molecule has 7 heteroatoms. The molecular formula is C23H30N2O5. The van der Waals surface area contributed by atoms with Crippen molar-refractivity contribution in [2.75, 3.05) is 40.5 Å². The zero-order valence-corrected chi connectivity index (χ0v) is 17.7. The first-order valence-corrected chi connectivity index (χ1v) is 10.6. The molecule has 4 rings (SSSR count). The van der Waals surface area contributed by atoms with E-state index in [0.29, 0.717) is 32.8 Å². The van der Waals surface area contributed by atoms with Crippen molar-refractivity contribution in [3.05, 3.63) is 41.5 Å². The summed E-state index contributed by atoms with van der Waals surface area (Å²) in [5.41, 5.74) is 2.24. The lowest BCUT2D eigenvalue weighted by Gasteiger charge is -2.48. The highest BCUT2D eigenvalue weighted by Crippen LogP contribution is 2.34. The second-order valence-electron chi connectivity index (χ2n) is 8.12. The Hall–Kier alpha value is -2.38. The van der Waals surface area contributed by atoms with Crippen molar-refractivity contribution >= 4 is 11.8 Å². The molecule has 162 valence electrons. The Balaban J connectivity index is 1.42. The quantitative estimate of drug-likeness (QED) is 0.526. The molecular weight excluding hydrogens is 384 g/mol. The monoisotopic (exact) mass is 414 g/mol. The molecule has 2 amide bonds. The van der Waals surface area contributed by atoms with Crippen LogP contribution in [0.4, 0.5) is 0 Å². The minimum absolute atomic E-state index is 0.0138. The van der Waals surface area contributed by atoms with Gasteiger partial charge in [0.15, 0.2) is 6.10 Å². The van der Waals surface area contributed by atoms with E-state index in [1.54, 1.807) is 14.2 Å². The van der Waals surface area contributed by atoms with Crippen molar-refractivity contribution in [2.24, 2.45) is 5.92 Å². The predicted molar refractivity (Wildman–Crippen MR) is 111 cm³/mol. The Morgan fingerprint density at radius 1 is 1.17 bits per heavy atom. The lowest BCUT2D eigenvalue weighted by atomic mass is 9.86. The van der Waals surface area contributed by atoms with Crippen molar-refractivity contribution in [1.82, 2.24) is 9.80 Å². The van der Waals surface area contributed by atoms with Gasteiger partial charge in [-0.1, -0.05) is 18.2 Å². The van der Waals surface area contributed by atoms with Crippen LogP contribution in [0.5, 0.6) is 5.75 Å². The molecule has 0 aromatic heterocycles. The molecule has 0 spiro atoms. The van der Waals surface area contributed by atoms with E-state index in [9.17, 15) is 9.59 Å². The number of likely N-dealkylation sites (tertiary alicyclic amines) is 1. The Morgan fingerprint density at radius 3 is 2.50 bits per heavy atom. The SMILES string of the molecule is COc1ccc(CN2C(=O)[C@H](OC)[C@@H]2C2=CCN(C(=O)C3CCOCC3)CC2)cc1. The van der Waals surface area contributed by atoms with Crippen LogP contribution in [-0.2, 0) is 25.6 Å². The summed E-state index contributed by atoms with van der Waals surface area (Å²) in [6.45, 7) is 3.18. The zero-order valence-electron chi connectivity index (χ0n) is 17.7. The van der Waals surface area contributed by atoms with E-state index < -0.39 is 6.10 Å². The highest BCUT2D eigenvalue weighted by Gasteiger charge is 2.49. The minimum atomic E-state index is -0.438. The van der Waals surface area contributed by atoms with Crippen LogP contribution in [-0.4, -0.2) is 74.3 Å². The number of carbonyl (C=O) groups excluding carboxylic acids is 2. The summed E-state index contributed by atoms with van der Waals surface area (Å²) in [6.07, 6.45) is 4.07. The van der Waals surface area contributed by atoms with Crippen molar-refractivity contribution in [3.8, 4) is 5.75 Å². The minimum Gasteiger partial charge on any atom is -0.497 e. The Morgan fingerprint density at radius 2 is 1.90 bits per heavy atom. The lowest BCUT2D eigenvalue weighted by molar-refractivity contribution is -0.168. The molecule has 1 aromatic rings. The summed E-state index contributed by atoms with van der Waals surface area (Å²) in [4.78, 5) is 29.2. The Labute approximate surface area is 177 Å². The van der Waals surface area contributed by atoms with Gasteiger partial charge in [0.1, 0.15) is 5.75 Å².